The van der Waals surface area contributed by atoms with Crippen LogP contribution in [0.1, 0.15) is 219 Å². The number of nitrogens with one attached hydrogen (secondary N) is 1. The van der Waals surface area contributed by atoms with Crippen LogP contribution >= 0.6 is 0 Å². The van der Waals surface area contributed by atoms with Crippen molar-refractivity contribution in [3.63, 3.8) is 0 Å². The Labute approximate surface area is 494 Å². The average molecular weight is 1120 g/mol. The molecule has 0 aliphatic carbocycles. The molecule has 1 rings (SSSR count). The summed E-state index contributed by atoms with van der Waals surface area (Å²) in [6, 6.07) is -0.861. The zero-order chi connectivity index (χ0) is 58.6. The molecular weight excluding hydrogens is 1010 g/mol. The zero-order valence-corrected chi connectivity index (χ0v) is 50.7. The third kappa shape index (κ3) is 47.7. The Morgan fingerprint density at radius 3 is 1.19 bits per heavy atom. The molecule has 0 aromatic heterocycles. The summed E-state index contributed by atoms with van der Waals surface area (Å²) in [5.74, 6) is -0.230. The lowest BCUT2D eigenvalue weighted by atomic mass is 9.99. The van der Waals surface area contributed by atoms with Gasteiger partial charge >= 0.3 is 0 Å². The van der Waals surface area contributed by atoms with Gasteiger partial charge in [0, 0.05) is 6.42 Å². The maximum Gasteiger partial charge on any atom is 0.220 e. The van der Waals surface area contributed by atoms with Crippen molar-refractivity contribution in [2.75, 3.05) is 13.2 Å². The lowest BCUT2D eigenvalue weighted by molar-refractivity contribution is -0.302. The van der Waals surface area contributed by atoms with Crippen LogP contribution < -0.4 is 5.32 Å². The minimum Gasteiger partial charge on any atom is -0.394 e. The third-order valence-corrected chi connectivity index (χ3v) is 13.8. The Morgan fingerprint density at radius 2 is 0.778 bits per heavy atom. The smallest absolute Gasteiger partial charge is 0.220 e. The number of carbonyl (C=O) groups is 1. The van der Waals surface area contributed by atoms with E-state index in [-0.39, 0.29) is 18.9 Å². The Hall–Kier alpha value is -4.45. The molecule has 1 saturated heterocycles. The molecule has 456 valence electrons. The van der Waals surface area contributed by atoms with Crippen LogP contribution in [0, 0.1) is 0 Å². The van der Waals surface area contributed by atoms with Gasteiger partial charge in [0.25, 0.3) is 0 Å². The minimum atomic E-state index is -1.59. The van der Waals surface area contributed by atoms with E-state index in [0.29, 0.717) is 12.8 Å². The van der Waals surface area contributed by atoms with E-state index >= 15 is 0 Å². The van der Waals surface area contributed by atoms with Crippen molar-refractivity contribution in [1.82, 2.24) is 5.32 Å². The van der Waals surface area contributed by atoms with Crippen LogP contribution in [0.25, 0.3) is 0 Å². The fourth-order valence-corrected chi connectivity index (χ4v) is 8.78. The standard InChI is InChI=1S/C72H115NO8/c1-3-5-7-9-11-13-15-17-19-21-23-25-26-27-28-29-30-31-32-33-34-35-36-37-38-39-40-42-44-46-48-50-52-54-56-58-60-62-68(76)73-65(64-80-72-71(79)70(78)69(77)67(63-74)81-72)66(75)61-59-57-55-53-51-49-47-45-43-41-24-22-20-18-16-14-12-10-8-6-4-2/h5,7,11,13,17,19,23,25,27-28,30-31,33-34,36-37,39-40,43-46,50-53,59,61,65-67,69-72,74-75,77-79H,3-4,6,8-10,12,14-16,18,20-22,24,26,29,32,35,38,41-42,47-49,54-58,60,62-64H2,1-2H3,(H,73,76)/b7-5-,13-11-,19-17-,25-23-,28-27-,31-30-,34-33-,37-36-,40-39-,45-43+,46-44-,52-50-,53-51+,61-59+. The molecule has 0 spiro atoms. The first-order chi connectivity index (χ1) is 39.8. The molecule has 81 heavy (non-hydrogen) atoms. The van der Waals surface area contributed by atoms with Crippen LogP contribution in [0.15, 0.2) is 170 Å². The molecule has 7 unspecified atom stereocenters. The molecule has 1 aliphatic heterocycles. The van der Waals surface area contributed by atoms with Gasteiger partial charge in [-0.05, 0) is 128 Å². The van der Waals surface area contributed by atoms with Gasteiger partial charge in [0.05, 0.1) is 25.4 Å². The zero-order valence-electron chi connectivity index (χ0n) is 50.7. The topological polar surface area (TPSA) is 149 Å². The molecule has 0 radical (unpaired) electrons. The Balaban J connectivity index is 2.27. The summed E-state index contributed by atoms with van der Waals surface area (Å²) in [7, 11) is 0. The first-order valence-electron chi connectivity index (χ1n) is 31.9. The highest BCUT2D eigenvalue weighted by Crippen LogP contribution is 2.23. The molecule has 7 atom stereocenters. The van der Waals surface area contributed by atoms with Crippen molar-refractivity contribution < 1.29 is 39.8 Å². The van der Waals surface area contributed by atoms with Gasteiger partial charge in [-0.25, -0.2) is 0 Å². The number of aliphatic hydroxyl groups is 5. The number of carbonyl (C=O) groups excluding carboxylic acids is 1. The van der Waals surface area contributed by atoms with E-state index in [1.165, 1.54) is 70.6 Å². The summed E-state index contributed by atoms with van der Waals surface area (Å²) in [6.07, 6.45) is 87.1. The molecule has 6 N–H and O–H groups in total. The highest BCUT2D eigenvalue weighted by atomic mass is 16.7. The number of hydrogen-bond acceptors (Lipinski definition) is 8. The molecule has 1 aliphatic rings. The number of unbranched alkanes of at least 4 members (excludes halogenated alkanes) is 16. The van der Waals surface area contributed by atoms with Crippen molar-refractivity contribution in [2.24, 2.45) is 0 Å². The van der Waals surface area contributed by atoms with E-state index < -0.39 is 49.5 Å². The monoisotopic (exact) mass is 1120 g/mol. The first-order valence-corrected chi connectivity index (χ1v) is 31.9. The predicted octanol–water partition coefficient (Wildman–Crippen LogP) is 17.0. The Kier molecular flexibility index (Phi) is 54.1. The highest BCUT2D eigenvalue weighted by molar-refractivity contribution is 5.76. The second-order valence-corrected chi connectivity index (χ2v) is 21.1. The lowest BCUT2D eigenvalue weighted by Crippen LogP contribution is -2.60. The van der Waals surface area contributed by atoms with Gasteiger partial charge in [0.1, 0.15) is 24.4 Å². The number of allylic oxidation sites excluding steroid dienone is 27. The van der Waals surface area contributed by atoms with E-state index in [4.69, 9.17) is 9.47 Å². The Bertz CT molecular complexity index is 1880. The van der Waals surface area contributed by atoms with Crippen molar-refractivity contribution in [2.45, 2.75) is 262 Å². The summed E-state index contributed by atoms with van der Waals surface area (Å²) >= 11 is 0. The van der Waals surface area contributed by atoms with Crippen molar-refractivity contribution in [3.8, 4) is 0 Å². The number of ether oxygens (including phenoxy) is 2. The predicted molar refractivity (Wildman–Crippen MR) is 345 cm³/mol. The van der Waals surface area contributed by atoms with E-state index in [2.05, 4.69) is 177 Å². The van der Waals surface area contributed by atoms with Crippen LogP contribution in [0.2, 0.25) is 0 Å². The van der Waals surface area contributed by atoms with Gasteiger partial charge in [-0.1, -0.05) is 255 Å². The second-order valence-electron chi connectivity index (χ2n) is 21.1. The number of rotatable bonds is 52. The molecule has 9 heteroatoms. The summed E-state index contributed by atoms with van der Waals surface area (Å²) in [5.41, 5.74) is 0. The maximum absolute atomic E-state index is 13.1. The van der Waals surface area contributed by atoms with Crippen LogP contribution in [0.5, 0.6) is 0 Å². The van der Waals surface area contributed by atoms with E-state index in [1.807, 2.05) is 6.08 Å². The quantitative estimate of drug-likeness (QED) is 0.0261. The maximum atomic E-state index is 13.1. The lowest BCUT2D eigenvalue weighted by Gasteiger charge is -2.40. The van der Waals surface area contributed by atoms with Gasteiger partial charge in [-0.3, -0.25) is 4.79 Å². The van der Waals surface area contributed by atoms with Gasteiger partial charge in [-0.2, -0.15) is 0 Å². The molecule has 1 heterocycles. The van der Waals surface area contributed by atoms with E-state index in [9.17, 15) is 30.3 Å². The van der Waals surface area contributed by atoms with E-state index in [1.54, 1.807) is 6.08 Å². The molecular formula is C72H115NO8. The third-order valence-electron chi connectivity index (χ3n) is 13.8. The normalized spacial score (nSPS) is 19.6. The first kappa shape index (κ1) is 74.6. The van der Waals surface area contributed by atoms with Crippen LogP contribution in [0.3, 0.4) is 0 Å². The highest BCUT2D eigenvalue weighted by Gasteiger charge is 2.44. The summed E-state index contributed by atoms with van der Waals surface area (Å²) in [4.78, 5) is 13.1. The van der Waals surface area contributed by atoms with Gasteiger partial charge in [0.2, 0.25) is 5.91 Å². The van der Waals surface area contributed by atoms with Crippen LogP contribution in [0.4, 0.5) is 0 Å². The van der Waals surface area contributed by atoms with Crippen molar-refractivity contribution in [1.29, 1.82) is 0 Å². The largest absolute Gasteiger partial charge is 0.394 e. The van der Waals surface area contributed by atoms with Crippen LogP contribution in [-0.2, 0) is 14.3 Å². The minimum absolute atomic E-state index is 0.230. The van der Waals surface area contributed by atoms with Crippen molar-refractivity contribution >= 4 is 5.91 Å². The summed E-state index contributed by atoms with van der Waals surface area (Å²) in [6.45, 7) is 3.61. The molecule has 0 saturated carbocycles. The SMILES string of the molecule is CC/C=C\C/C=C\C/C=C\C/C=C\C/C=C\C/C=C\C/C=C\C/C=C\C/C=C\C/C=C\C/C=C\CCCCCC(=O)NC(COC1OC(CO)C(O)C(O)C1O)C(O)/C=C/CC/C=C/CC/C=C/CCCCCCCCCCCCC. The molecule has 0 aromatic carbocycles. The number of hydrogen-bond donors (Lipinski definition) is 6. The Morgan fingerprint density at radius 1 is 0.432 bits per heavy atom. The second kappa shape index (κ2) is 58.7. The number of aliphatic hydroxyl groups excluding tert-OH is 5. The summed E-state index contributed by atoms with van der Waals surface area (Å²) in [5, 5.41) is 54.5. The fraction of sp³-hybridized carbons (Fsp3) is 0.597. The molecule has 0 bridgehead atoms. The summed E-state index contributed by atoms with van der Waals surface area (Å²) < 4.78 is 11.2. The fourth-order valence-electron chi connectivity index (χ4n) is 8.78. The van der Waals surface area contributed by atoms with Crippen molar-refractivity contribution in [3.05, 3.63) is 170 Å². The number of amides is 1. The van der Waals surface area contributed by atoms with E-state index in [0.717, 1.165) is 116 Å². The molecule has 1 amide bonds. The van der Waals surface area contributed by atoms with Crippen LogP contribution in [-0.4, -0.2) is 87.5 Å². The molecule has 0 aromatic rings. The van der Waals surface area contributed by atoms with Gasteiger partial charge in [-0.15, -0.1) is 0 Å². The molecule has 1 fully saturated rings. The average Bonchev–Trinajstić information content (AvgIpc) is 3.49. The van der Waals surface area contributed by atoms with Gasteiger partial charge in [0.15, 0.2) is 6.29 Å². The van der Waals surface area contributed by atoms with Gasteiger partial charge < -0.3 is 40.3 Å². The molecule has 9 nitrogen and oxygen atoms in total.